The number of nitrogens with one attached hydrogen (secondary N) is 2. The van der Waals surface area contributed by atoms with Crippen LogP contribution in [-0.4, -0.2) is 36.2 Å². The van der Waals surface area contributed by atoms with Gasteiger partial charge in [-0.05, 0) is 5.92 Å². The SMILES string of the molecule is CC(C)C(CNS(=O)(=O)c1cn[nH]c1)C(=O)O. The quantitative estimate of drug-likeness (QED) is 0.669. The number of rotatable bonds is 6. The smallest absolute Gasteiger partial charge is 0.308 e. The number of aliphatic carboxylic acids is 1. The lowest BCUT2D eigenvalue weighted by molar-refractivity contribution is -0.142. The normalized spacial score (nSPS) is 13.8. The highest BCUT2D eigenvalue weighted by molar-refractivity contribution is 7.89. The van der Waals surface area contributed by atoms with Crippen LogP contribution in [0.1, 0.15) is 13.8 Å². The molecular weight excluding hydrogens is 246 g/mol. The number of aromatic nitrogens is 2. The third kappa shape index (κ3) is 3.53. The zero-order valence-corrected chi connectivity index (χ0v) is 10.4. The fourth-order valence-corrected chi connectivity index (χ4v) is 2.24. The van der Waals surface area contributed by atoms with Gasteiger partial charge in [0.2, 0.25) is 10.0 Å². The number of hydrogen-bond donors (Lipinski definition) is 3. The Kier molecular flexibility index (Phi) is 4.24. The minimum Gasteiger partial charge on any atom is -0.481 e. The number of hydrogen-bond acceptors (Lipinski definition) is 4. The standard InChI is InChI=1S/C9H15N3O4S/c1-6(2)8(9(13)14)5-12-17(15,16)7-3-10-11-4-7/h3-4,6,8,12H,5H2,1-2H3,(H,10,11)(H,13,14). The molecule has 0 aliphatic rings. The van der Waals surface area contributed by atoms with Gasteiger partial charge in [-0.2, -0.15) is 5.10 Å². The summed E-state index contributed by atoms with van der Waals surface area (Å²) in [5.41, 5.74) is 0. The van der Waals surface area contributed by atoms with E-state index in [1.54, 1.807) is 13.8 Å². The summed E-state index contributed by atoms with van der Waals surface area (Å²) >= 11 is 0. The Balaban J connectivity index is 2.70. The number of aromatic amines is 1. The molecule has 17 heavy (non-hydrogen) atoms. The van der Waals surface area contributed by atoms with E-state index in [0.29, 0.717) is 0 Å². The van der Waals surface area contributed by atoms with Gasteiger partial charge in [-0.25, -0.2) is 13.1 Å². The van der Waals surface area contributed by atoms with Crippen molar-refractivity contribution in [1.82, 2.24) is 14.9 Å². The maximum absolute atomic E-state index is 11.7. The summed E-state index contributed by atoms with van der Waals surface area (Å²) in [6, 6.07) is 0. The topological polar surface area (TPSA) is 112 Å². The van der Waals surface area contributed by atoms with Crippen molar-refractivity contribution in [3.8, 4) is 0 Å². The molecule has 1 atom stereocenters. The summed E-state index contributed by atoms with van der Waals surface area (Å²) in [6.45, 7) is 3.32. The number of sulfonamides is 1. The van der Waals surface area contributed by atoms with Gasteiger partial charge in [-0.15, -0.1) is 0 Å². The van der Waals surface area contributed by atoms with Crippen molar-refractivity contribution in [3.05, 3.63) is 12.4 Å². The van der Waals surface area contributed by atoms with Gasteiger partial charge in [-0.3, -0.25) is 9.89 Å². The molecule has 0 saturated carbocycles. The molecule has 1 aromatic heterocycles. The molecule has 0 aliphatic heterocycles. The Morgan fingerprint density at radius 3 is 2.65 bits per heavy atom. The van der Waals surface area contributed by atoms with Crippen LogP contribution >= 0.6 is 0 Å². The second-order valence-electron chi connectivity index (χ2n) is 3.97. The maximum Gasteiger partial charge on any atom is 0.308 e. The van der Waals surface area contributed by atoms with Crippen LogP contribution in [0.5, 0.6) is 0 Å². The molecule has 8 heteroatoms. The largest absolute Gasteiger partial charge is 0.481 e. The van der Waals surface area contributed by atoms with Crippen LogP contribution < -0.4 is 4.72 Å². The first-order valence-electron chi connectivity index (χ1n) is 5.06. The van der Waals surface area contributed by atoms with Crippen molar-refractivity contribution in [1.29, 1.82) is 0 Å². The predicted octanol–water partition coefficient (Wildman–Crippen LogP) is 0.0448. The highest BCUT2D eigenvalue weighted by Crippen LogP contribution is 2.12. The fourth-order valence-electron chi connectivity index (χ4n) is 1.28. The molecule has 1 aromatic rings. The molecule has 0 aliphatic carbocycles. The minimum absolute atomic E-state index is 0.00889. The van der Waals surface area contributed by atoms with Gasteiger partial charge in [0.25, 0.3) is 0 Å². The molecule has 0 fully saturated rings. The van der Waals surface area contributed by atoms with Crippen LogP contribution in [0, 0.1) is 11.8 Å². The predicted molar refractivity (Wildman–Crippen MR) is 59.7 cm³/mol. The molecule has 3 N–H and O–H groups in total. The Morgan fingerprint density at radius 2 is 2.24 bits per heavy atom. The molecule has 1 rings (SSSR count). The molecule has 0 aromatic carbocycles. The number of carboxylic acid groups (broad SMARTS) is 1. The first-order valence-corrected chi connectivity index (χ1v) is 6.54. The number of nitrogens with zero attached hydrogens (tertiary/aromatic N) is 1. The molecule has 0 bridgehead atoms. The van der Waals surface area contributed by atoms with E-state index in [2.05, 4.69) is 14.9 Å². The van der Waals surface area contributed by atoms with Gasteiger partial charge in [0.15, 0.2) is 0 Å². The van der Waals surface area contributed by atoms with E-state index in [1.807, 2.05) is 0 Å². The Hall–Kier alpha value is -1.41. The van der Waals surface area contributed by atoms with Crippen molar-refractivity contribution in [3.63, 3.8) is 0 Å². The van der Waals surface area contributed by atoms with Crippen LogP contribution in [0.4, 0.5) is 0 Å². The van der Waals surface area contributed by atoms with Crippen LogP contribution in [0.25, 0.3) is 0 Å². The van der Waals surface area contributed by atoms with E-state index < -0.39 is 21.9 Å². The summed E-state index contributed by atoms with van der Waals surface area (Å²) in [6.07, 6.45) is 2.39. The van der Waals surface area contributed by atoms with Gasteiger partial charge < -0.3 is 5.11 Å². The summed E-state index contributed by atoms with van der Waals surface area (Å²) in [5, 5.41) is 14.8. The maximum atomic E-state index is 11.7. The van der Waals surface area contributed by atoms with Crippen LogP contribution in [0.15, 0.2) is 17.3 Å². The van der Waals surface area contributed by atoms with Crippen molar-refractivity contribution >= 4 is 16.0 Å². The summed E-state index contributed by atoms with van der Waals surface area (Å²) < 4.78 is 25.6. The molecule has 1 heterocycles. The zero-order chi connectivity index (χ0) is 13.1. The first kappa shape index (κ1) is 13.7. The molecular formula is C9H15N3O4S. The van der Waals surface area contributed by atoms with E-state index in [0.717, 1.165) is 6.20 Å². The number of carboxylic acids is 1. The number of carbonyl (C=O) groups is 1. The second kappa shape index (κ2) is 5.28. The lowest BCUT2D eigenvalue weighted by atomic mass is 9.97. The molecule has 7 nitrogen and oxygen atoms in total. The Morgan fingerprint density at radius 1 is 1.59 bits per heavy atom. The number of H-pyrrole nitrogens is 1. The van der Waals surface area contributed by atoms with Gasteiger partial charge >= 0.3 is 5.97 Å². The van der Waals surface area contributed by atoms with E-state index >= 15 is 0 Å². The van der Waals surface area contributed by atoms with Crippen molar-refractivity contribution < 1.29 is 18.3 Å². The van der Waals surface area contributed by atoms with Gasteiger partial charge in [0.05, 0.1) is 12.1 Å². The highest BCUT2D eigenvalue weighted by atomic mass is 32.2. The van der Waals surface area contributed by atoms with Crippen LogP contribution in [-0.2, 0) is 14.8 Å². The van der Waals surface area contributed by atoms with E-state index in [1.165, 1.54) is 6.20 Å². The monoisotopic (exact) mass is 261 g/mol. The van der Waals surface area contributed by atoms with Gasteiger partial charge in [0, 0.05) is 12.7 Å². The minimum atomic E-state index is -3.69. The first-order chi connectivity index (χ1) is 7.84. The van der Waals surface area contributed by atoms with Crippen LogP contribution in [0.3, 0.4) is 0 Å². The molecule has 0 saturated heterocycles. The van der Waals surface area contributed by atoms with E-state index in [-0.39, 0.29) is 17.4 Å². The average Bonchev–Trinajstić information content (AvgIpc) is 2.69. The average molecular weight is 261 g/mol. The summed E-state index contributed by atoms with van der Waals surface area (Å²) in [7, 11) is -3.69. The fraction of sp³-hybridized carbons (Fsp3) is 0.556. The van der Waals surface area contributed by atoms with Gasteiger partial charge in [0.1, 0.15) is 4.90 Å². The van der Waals surface area contributed by atoms with Crippen molar-refractivity contribution in [2.75, 3.05) is 6.54 Å². The second-order valence-corrected chi connectivity index (χ2v) is 5.74. The molecule has 0 spiro atoms. The summed E-state index contributed by atoms with van der Waals surface area (Å²) in [4.78, 5) is 10.9. The highest BCUT2D eigenvalue weighted by Gasteiger charge is 2.24. The zero-order valence-electron chi connectivity index (χ0n) is 9.54. The molecule has 0 amide bonds. The third-order valence-electron chi connectivity index (χ3n) is 2.40. The van der Waals surface area contributed by atoms with Gasteiger partial charge in [-0.1, -0.05) is 13.8 Å². The molecule has 96 valence electrons. The molecule has 1 unspecified atom stereocenters. The lowest BCUT2D eigenvalue weighted by Crippen LogP contribution is -2.35. The lowest BCUT2D eigenvalue weighted by Gasteiger charge is -2.16. The van der Waals surface area contributed by atoms with E-state index in [4.69, 9.17) is 5.11 Å². The third-order valence-corrected chi connectivity index (χ3v) is 3.79. The Labute approximate surface area is 99.3 Å². The Bertz CT molecular complexity index is 466. The molecule has 0 radical (unpaired) electrons. The van der Waals surface area contributed by atoms with E-state index in [9.17, 15) is 13.2 Å². The van der Waals surface area contributed by atoms with Crippen LogP contribution in [0.2, 0.25) is 0 Å². The van der Waals surface area contributed by atoms with Crippen molar-refractivity contribution in [2.45, 2.75) is 18.7 Å². The van der Waals surface area contributed by atoms with Crippen molar-refractivity contribution in [2.24, 2.45) is 11.8 Å². The summed E-state index contributed by atoms with van der Waals surface area (Å²) in [5.74, 6) is -1.92.